The van der Waals surface area contributed by atoms with Crippen molar-refractivity contribution in [3.8, 4) is 6.07 Å². The van der Waals surface area contributed by atoms with Gasteiger partial charge in [-0.25, -0.2) is 0 Å². The minimum Gasteiger partial charge on any atom is -0.361 e. The highest BCUT2D eigenvalue weighted by atomic mass is 16.5. The van der Waals surface area contributed by atoms with E-state index in [-0.39, 0.29) is 6.10 Å². The molecule has 1 aromatic rings. The fourth-order valence-corrected chi connectivity index (χ4v) is 1.74. The van der Waals surface area contributed by atoms with Crippen molar-refractivity contribution in [1.29, 1.82) is 5.26 Å². The summed E-state index contributed by atoms with van der Waals surface area (Å²) in [7, 11) is 1.90. The molecule has 1 aromatic heterocycles. The largest absolute Gasteiger partial charge is 0.361 e. The van der Waals surface area contributed by atoms with Crippen molar-refractivity contribution < 1.29 is 4.74 Å². The van der Waals surface area contributed by atoms with E-state index in [0.29, 0.717) is 13.2 Å². The summed E-state index contributed by atoms with van der Waals surface area (Å²) >= 11 is 0. The molecule has 0 spiro atoms. The van der Waals surface area contributed by atoms with Gasteiger partial charge >= 0.3 is 0 Å². The topological polar surface area (TPSA) is 54.1 Å². The first kappa shape index (κ1) is 10.1. The maximum absolute atomic E-state index is 8.76. The molecule has 0 N–H and O–H groups in total. The number of nitriles is 1. The second-order valence-corrected chi connectivity index (χ2v) is 3.75. The van der Waals surface area contributed by atoms with E-state index < -0.39 is 0 Å². The molecule has 80 valence electrons. The lowest BCUT2D eigenvalue weighted by molar-refractivity contribution is -0.00269. The number of rotatable bonds is 2. The molecule has 2 heterocycles. The molecule has 1 aliphatic rings. The average Bonchev–Trinajstić information content (AvgIpc) is 2.64. The standard InChI is InChI=1S/C10H14N4O/c1-13-6-9(5-12-13)7-14-2-3-15-10(4-11)8-14/h5-6,10H,2-3,7-8H2,1H3. The predicted octanol–water partition coefficient (Wildman–Crippen LogP) is 0.144. The second-order valence-electron chi connectivity index (χ2n) is 3.75. The van der Waals surface area contributed by atoms with Crippen molar-refractivity contribution in [3.63, 3.8) is 0 Å². The van der Waals surface area contributed by atoms with E-state index in [9.17, 15) is 0 Å². The molecule has 1 unspecified atom stereocenters. The van der Waals surface area contributed by atoms with Crippen LogP contribution in [0.2, 0.25) is 0 Å². The lowest BCUT2D eigenvalue weighted by Crippen LogP contribution is -2.41. The van der Waals surface area contributed by atoms with Crippen molar-refractivity contribution in [1.82, 2.24) is 14.7 Å². The Hall–Kier alpha value is -1.38. The Morgan fingerprint density at radius 1 is 1.73 bits per heavy atom. The summed E-state index contributed by atoms with van der Waals surface area (Å²) in [4.78, 5) is 2.22. The highest BCUT2D eigenvalue weighted by Gasteiger charge is 2.19. The summed E-state index contributed by atoms with van der Waals surface area (Å²) < 4.78 is 7.07. The first-order valence-electron chi connectivity index (χ1n) is 4.99. The van der Waals surface area contributed by atoms with Crippen LogP contribution in [-0.4, -0.2) is 40.5 Å². The van der Waals surface area contributed by atoms with Crippen LogP contribution < -0.4 is 0 Å². The number of nitrogens with zero attached hydrogens (tertiary/aromatic N) is 4. The zero-order valence-corrected chi connectivity index (χ0v) is 8.76. The van der Waals surface area contributed by atoms with Crippen LogP contribution in [0.25, 0.3) is 0 Å². The van der Waals surface area contributed by atoms with Gasteiger partial charge < -0.3 is 4.74 Å². The molecular formula is C10H14N4O. The first-order chi connectivity index (χ1) is 7.28. The van der Waals surface area contributed by atoms with E-state index in [0.717, 1.165) is 13.1 Å². The van der Waals surface area contributed by atoms with E-state index in [1.807, 2.05) is 19.4 Å². The quantitative estimate of drug-likeness (QED) is 0.691. The molecule has 1 fully saturated rings. The molecule has 0 bridgehead atoms. The molecule has 5 nitrogen and oxygen atoms in total. The van der Waals surface area contributed by atoms with E-state index in [2.05, 4.69) is 16.1 Å². The third-order valence-corrected chi connectivity index (χ3v) is 2.46. The summed E-state index contributed by atoms with van der Waals surface area (Å²) in [6, 6.07) is 2.14. The third kappa shape index (κ3) is 2.55. The molecule has 0 aliphatic carbocycles. The van der Waals surface area contributed by atoms with Crippen LogP contribution in [0, 0.1) is 11.3 Å². The molecule has 0 radical (unpaired) electrons. The minimum atomic E-state index is -0.282. The van der Waals surface area contributed by atoms with Crippen LogP contribution in [-0.2, 0) is 18.3 Å². The Balaban J connectivity index is 1.92. The van der Waals surface area contributed by atoms with E-state index in [1.54, 1.807) is 4.68 Å². The lowest BCUT2D eigenvalue weighted by atomic mass is 10.2. The summed E-state index contributed by atoms with van der Waals surface area (Å²) in [6.07, 6.45) is 3.57. The van der Waals surface area contributed by atoms with Crippen molar-refractivity contribution in [2.24, 2.45) is 7.05 Å². The zero-order valence-electron chi connectivity index (χ0n) is 8.76. The zero-order chi connectivity index (χ0) is 10.7. The van der Waals surface area contributed by atoms with Gasteiger partial charge in [-0.2, -0.15) is 10.4 Å². The SMILES string of the molecule is Cn1cc(CN2CCOC(C#N)C2)cn1. The summed E-state index contributed by atoms with van der Waals surface area (Å²) in [6.45, 7) is 3.05. The predicted molar refractivity (Wildman–Crippen MR) is 53.8 cm³/mol. The first-order valence-corrected chi connectivity index (χ1v) is 4.99. The van der Waals surface area contributed by atoms with E-state index in [1.165, 1.54) is 5.56 Å². The monoisotopic (exact) mass is 206 g/mol. The molecular weight excluding hydrogens is 192 g/mol. The Bertz CT molecular complexity index is 368. The van der Waals surface area contributed by atoms with Gasteiger partial charge in [0.25, 0.3) is 0 Å². The normalized spacial score (nSPS) is 22.5. The van der Waals surface area contributed by atoms with Crippen LogP contribution in [0.4, 0.5) is 0 Å². The molecule has 5 heteroatoms. The van der Waals surface area contributed by atoms with Gasteiger partial charge in [0.2, 0.25) is 0 Å². The number of hydrogen-bond acceptors (Lipinski definition) is 4. The van der Waals surface area contributed by atoms with Crippen molar-refractivity contribution in [2.45, 2.75) is 12.6 Å². The molecule has 0 saturated carbocycles. The number of aryl methyl sites for hydroxylation is 1. The Morgan fingerprint density at radius 3 is 3.27 bits per heavy atom. The van der Waals surface area contributed by atoms with Crippen LogP contribution in [0.3, 0.4) is 0 Å². The average molecular weight is 206 g/mol. The van der Waals surface area contributed by atoms with E-state index >= 15 is 0 Å². The number of morpholine rings is 1. The maximum atomic E-state index is 8.76. The van der Waals surface area contributed by atoms with Gasteiger partial charge in [-0.05, 0) is 0 Å². The van der Waals surface area contributed by atoms with Gasteiger partial charge in [-0.15, -0.1) is 0 Å². The highest BCUT2D eigenvalue weighted by molar-refractivity contribution is 5.04. The highest BCUT2D eigenvalue weighted by Crippen LogP contribution is 2.09. The number of aromatic nitrogens is 2. The van der Waals surface area contributed by atoms with Crippen LogP contribution in [0.1, 0.15) is 5.56 Å². The van der Waals surface area contributed by atoms with Crippen molar-refractivity contribution in [2.75, 3.05) is 19.7 Å². The fraction of sp³-hybridized carbons (Fsp3) is 0.600. The summed E-state index contributed by atoms with van der Waals surface area (Å²) in [5.41, 5.74) is 1.18. The third-order valence-electron chi connectivity index (χ3n) is 2.46. The Kier molecular flexibility index (Phi) is 2.99. The van der Waals surface area contributed by atoms with Crippen LogP contribution >= 0.6 is 0 Å². The molecule has 0 aromatic carbocycles. The second kappa shape index (κ2) is 4.43. The number of ether oxygens (including phenoxy) is 1. The van der Waals surface area contributed by atoms with E-state index in [4.69, 9.17) is 10.00 Å². The smallest absolute Gasteiger partial charge is 0.156 e. The molecule has 1 saturated heterocycles. The maximum Gasteiger partial charge on any atom is 0.156 e. The van der Waals surface area contributed by atoms with Gasteiger partial charge in [0.1, 0.15) is 0 Å². The molecule has 2 rings (SSSR count). The van der Waals surface area contributed by atoms with Crippen molar-refractivity contribution in [3.05, 3.63) is 18.0 Å². The molecule has 0 amide bonds. The van der Waals surface area contributed by atoms with Gasteiger partial charge in [-0.3, -0.25) is 9.58 Å². The van der Waals surface area contributed by atoms with Gasteiger partial charge in [0, 0.05) is 38.4 Å². The van der Waals surface area contributed by atoms with Crippen LogP contribution in [0.5, 0.6) is 0 Å². The van der Waals surface area contributed by atoms with Gasteiger partial charge in [-0.1, -0.05) is 0 Å². The fourth-order valence-electron chi connectivity index (χ4n) is 1.74. The van der Waals surface area contributed by atoms with Gasteiger partial charge in [0.15, 0.2) is 6.10 Å². The Morgan fingerprint density at radius 2 is 2.60 bits per heavy atom. The molecule has 15 heavy (non-hydrogen) atoms. The lowest BCUT2D eigenvalue weighted by Gasteiger charge is -2.29. The summed E-state index contributed by atoms with van der Waals surface area (Å²) in [5, 5.41) is 12.9. The van der Waals surface area contributed by atoms with Crippen molar-refractivity contribution >= 4 is 0 Å². The molecule has 1 atom stereocenters. The molecule has 1 aliphatic heterocycles. The summed E-state index contributed by atoms with van der Waals surface area (Å²) in [5.74, 6) is 0. The van der Waals surface area contributed by atoms with Crippen LogP contribution in [0.15, 0.2) is 12.4 Å². The Labute approximate surface area is 88.9 Å². The van der Waals surface area contributed by atoms with Gasteiger partial charge in [0.05, 0.1) is 18.9 Å². The minimum absolute atomic E-state index is 0.282. The number of hydrogen-bond donors (Lipinski definition) is 0.